The van der Waals surface area contributed by atoms with Gasteiger partial charge in [-0.05, 0) is 105 Å². The Morgan fingerprint density at radius 3 is 2.19 bits per heavy atom. The Morgan fingerprint density at radius 1 is 0.821 bits per heavy atom. The molecule has 0 aliphatic carbocycles. The zero-order chi connectivity index (χ0) is 47.4. The molecule has 0 bridgehead atoms. The minimum absolute atomic E-state index is 0.00204. The Labute approximate surface area is 394 Å². The average molecular weight is 900 g/mol. The molecule has 0 spiro atoms. The molecule has 4 aromatic carbocycles. The molecule has 0 radical (unpaired) electrons. The summed E-state index contributed by atoms with van der Waals surface area (Å²) in [5.41, 5.74) is 9.71. The normalized spacial score (nSPS) is 14.6. The number of fused-ring (bicyclic) bond motifs is 1. The molecule has 0 N–H and O–H groups in total. The second-order valence-electron chi connectivity index (χ2n) is 18.0. The molecule has 3 amide bonds. The van der Waals surface area contributed by atoms with E-state index in [1.807, 2.05) is 133 Å². The second-order valence-corrected chi connectivity index (χ2v) is 18.0. The smallest absolute Gasteiger partial charge is 0.264 e. The summed E-state index contributed by atoms with van der Waals surface area (Å²) in [6.45, 7) is 12.2. The van der Waals surface area contributed by atoms with Crippen LogP contribution in [0, 0.1) is 25.2 Å². The molecule has 12 heteroatoms. The number of carbonyl (C=O) groups is 3. The van der Waals surface area contributed by atoms with Crippen LogP contribution < -0.4 is 9.64 Å². The average Bonchev–Trinajstić information content (AvgIpc) is 3.77. The predicted octanol–water partition coefficient (Wildman–Crippen LogP) is 8.78. The maximum absolute atomic E-state index is 15.2. The van der Waals surface area contributed by atoms with Crippen LogP contribution in [0.3, 0.4) is 0 Å². The monoisotopic (exact) mass is 899 g/mol. The number of aromatic nitrogens is 2. The van der Waals surface area contributed by atoms with E-state index in [4.69, 9.17) is 9.47 Å². The molecule has 67 heavy (non-hydrogen) atoms. The van der Waals surface area contributed by atoms with E-state index in [1.54, 1.807) is 15.5 Å². The van der Waals surface area contributed by atoms with Crippen LogP contribution in [0.1, 0.15) is 80.3 Å². The molecule has 0 saturated carbocycles. The molecule has 6 aromatic rings. The highest BCUT2D eigenvalue weighted by Crippen LogP contribution is 2.37. The number of hydrogen-bond acceptors (Lipinski definition) is 7. The van der Waals surface area contributed by atoms with Crippen LogP contribution in [-0.2, 0) is 49.6 Å². The molecule has 2 aromatic heterocycles. The van der Waals surface area contributed by atoms with Gasteiger partial charge < -0.3 is 28.4 Å². The minimum atomic E-state index is -0.256. The van der Waals surface area contributed by atoms with E-state index < -0.39 is 0 Å². The molecule has 1 unspecified atom stereocenters. The number of anilines is 2. The number of nitriles is 1. The Balaban J connectivity index is 1.10. The third-order valence-electron chi connectivity index (χ3n) is 13.7. The van der Waals surface area contributed by atoms with Crippen LogP contribution in [0.15, 0.2) is 109 Å². The lowest BCUT2D eigenvalue weighted by atomic mass is 9.93. The van der Waals surface area contributed by atoms with Crippen molar-refractivity contribution < 1.29 is 23.9 Å². The first-order valence-corrected chi connectivity index (χ1v) is 23.3. The van der Waals surface area contributed by atoms with E-state index >= 15 is 4.79 Å². The van der Waals surface area contributed by atoms with Gasteiger partial charge in [-0.15, -0.1) is 0 Å². The van der Waals surface area contributed by atoms with Gasteiger partial charge in [0.1, 0.15) is 24.1 Å². The lowest BCUT2D eigenvalue weighted by Crippen LogP contribution is -2.48. The summed E-state index contributed by atoms with van der Waals surface area (Å²) in [6.07, 6.45) is 1.74. The maximum atomic E-state index is 15.2. The van der Waals surface area contributed by atoms with Gasteiger partial charge in [0, 0.05) is 80.2 Å². The topological polar surface area (TPSA) is 116 Å². The van der Waals surface area contributed by atoms with Crippen molar-refractivity contribution in [3.63, 3.8) is 0 Å². The highest BCUT2D eigenvalue weighted by molar-refractivity contribution is 6.13. The van der Waals surface area contributed by atoms with E-state index in [9.17, 15) is 14.9 Å². The van der Waals surface area contributed by atoms with Gasteiger partial charge in [0.05, 0.1) is 36.9 Å². The van der Waals surface area contributed by atoms with Gasteiger partial charge in [-0.1, -0.05) is 73.7 Å². The van der Waals surface area contributed by atoms with Crippen molar-refractivity contribution in [2.24, 2.45) is 14.1 Å². The summed E-state index contributed by atoms with van der Waals surface area (Å²) in [5, 5.41) is 9.91. The number of para-hydroxylation sites is 1. The standard InChI is InChI=1S/C55H61N7O5/c1-8-24-60(53(63)29-40-18-21-47(22-19-40)67-26-25-57(5)46-35-66-36-46)33-41-20-23-48(50(28-41)54(64)61-34-43-15-13-12-14-42(43)27-37(61)2)52-31-49(38(3)59(52)7)55(65)62(44-16-10-9-11-17-44)51-30-45(32-56)58(6)39(51)4/h9-23,28,30-31,37,46H,8,24-27,29,33-36H2,1-7H3. The summed E-state index contributed by atoms with van der Waals surface area (Å²) in [5.74, 6) is 0.397. The van der Waals surface area contributed by atoms with Crippen LogP contribution >= 0.6 is 0 Å². The lowest BCUT2D eigenvalue weighted by Gasteiger charge is -2.35. The fourth-order valence-electron chi connectivity index (χ4n) is 9.19. The van der Waals surface area contributed by atoms with Gasteiger partial charge in [0.15, 0.2) is 0 Å². The molecule has 2 aliphatic heterocycles. The number of likely N-dealkylation sites (N-methyl/N-ethyl adjacent to an activating group) is 1. The highest BCUT2D eigenvalue weighted by atomic mass is 16.5. The fourth-order valence-corrected chi connectivity index (χ4v) is 9.19. The number of ether oxygens (including phenoxy) is 2. The molecule has 1 fully saturated rings. The molecule has 1 saturated heterocycles. The van der Waals surface area contributed by atoms with Crippen LogP contribution in [0.25, 0.3) is 11.3 Å². The molecular formula is C55H61N7O5. The Bertz CT molecular complexity index is 2800. The third-order valence-corrected chi connectivity index (χ3v) is 13.7. The Hall–Kier alpha value is -6.94. The first-order chi connectivity index (χ1) is 32.4. The quantitative estimate of drug-likeness (QED) is 0.0954. The zero-order valence-corrected chi connectivity index (χ0v) is 39.8. The van der Waals surface area contributed by atoms with Crippen molar-refractivity contribution in [1.82, 2.24) is 23.8 Å². The van der Waals surface area contributed by atoms with Gasteiger partial charge in [-0.25, -0.2) is 0 Å². The van der Waals surface area contributed by atoms with E-state index in [2.05, 4.69) is 44.0 Å². The van der Waals surface area contributed by atoms with Gasteiger partial charge in [-0.2, -0.15) is 5.26 Å². The van der Waals surface area contributed by atoms with Crippen molar-refractivity contribution in [3.05, 3.63) is 160 Å². The first-order valence-electron chi connectivity index (χ1n) is 23.3. The maximum Gasteiger partial charge on any atom is 0.264 e. The number of carbonyl (C=O) groups excluding carboxylic acids is 3. The largest absolute Gasteiger partial charge is 0.492 e. The number of rotatable bonds is 16. The molecule has 12 nitrogen and oxygen atoms in total. The number of amides is 3. The Kier molecular flexibility index (Phi) is 14.1. The molecule has 4 heterocycles. The fraction of sp³-hybridized carbons (Fsp3) is 0.345. The summed E-state index contributed by atoms with van der Waals surface area (Å²) >= 11 is 0. The van der Waals surface area contributed by atoms with Gasteiger partial charge in [0.25, 0.3) is 11.8 Å². The van der Waals surface area contributed by atoms with Crippen molar-refractivity contribution in [2.45, 2.75) is 72.1 Å². The van der Waals surface area contributed by atoms with Crippen molar-refractivity contribution in [3.8, 4) is 23.1 Å². The first kappa shape index (κ1) is 46.6. The van der Waals surface area contributed by atoms with Gasteiger partial charge >= 0.3 is 0 Å². The Morgan fingerprint density at radius 2 is 1.52 bits per heavy atom. The lowest BCUT2D eigenvalue weighted by molar-refractivity contribution is -0.131. The van der Waals surface area contributed by atoms with Crippen molar-refractivity contribution in [2.75, 3.05) is 44.9 Å². The minimum Gasteiger partial charge on any atom is -0.492 e. The number of nitrogens with zero attached hydrogens (tertiary/aromatic N) is 7. The molecule has 8 rings (SSSR count). The van der Waals surface area contributed by atoms with Crippen LogP contribution in [-0.4, -0.2) is 93.6 Å². The zero-order valence-electron chi connectivity index (χ0n) is 39.8. The molecular weight excluding hydrogens is 839 g/mol. The third kappa shape index (κ3) is 9.80. The van der Waals surface area contributed by atoms with E-state index in [1.165, 1.54) is 5.56 Å². The summed E-state index contributed by atoms with van der Waals surface area (Å²) in [4.78, 5) is 51.9. The SMILES string of the molecule is CCCN(Cc1ccc(-c2cc(C(=O)N(c3ccccc3)c3cc(C#N)n(C)c3C)c(C)n2C)c(C(=O)N2Cc3ccccc3CC2C)c1)C(=O)Cc1ccc(OCCN(C)C2COC2)cc1. The van der Waals surface area contributed by atoms with Crippen LogP contribution in [0.4, 0.5) is 11.4 Å². The predicted molar refractivity (Wildman–Crippen MR) is 261 cm³/mol. The van der Waals surface area contributed by atoms with Crippen molar-refractivity contribution >= 4 is 29.1 Å². The van der Waals surface area contributed by atoms with Gasteiger partial charge in [-0.3, -0.25) is 24.2 Å². The van der Waals surface area contributed by atoms with E-state index in [-0.39, 0.29) is 30.2 Å². The number of benzene rings is 4. The summed E-state index contributed by atoms with van der Waals surface area (Å²) < 4.78 is 15.1. The van der Waals surface area contributed by atoms with E-state index in [0.29, 0.717) is 71.7 Å². The second kappa shape index (κ2) is 20.3. The molecule has 2 aliphatic rings. The van der Waals surface area contributed by atoms with Gasteiger partial charge in [0.2, 0.25) is 5.91 Å². The summed E-state index contributed by atoms with van der Waals surface area (Å²) in [6, 6.07) is 37.7. The summed E-state index contributed by atoms with van der Waals surface area (Å²) in [7, 11) is 5.82. The highest BCUT2D eigenvalue weighted by Gasteiger charge is 2.32. The van der Waals surface area contributed by atoms with E-state index in [0.717, 1.165) is 66.4 Å². The molecule has 1 atom stereocenters. The van der Waals surface area contributed by atoms with Crippen LogP contribution in [0.2, 0.25) is 0 Å². The van der Waals surface area contributed by atoms with Crippen LogP contribution in [0.5, 0.6) is 5.75 Å². The molecule has 346 valence electrons. The number of hydrogen-bond donors (Lipinski definition) is 0. The van der Waals surface area contributed by atoms with Crippen molar-refractivity contribution in [1.29, 1.82) is 5.26 Å².